The van der Waals surface area contributed by atoms with Crippen molar-refractivity contribution in [2.75, 3.05) is 31.1 Å². The Morgan fingerprint density at radius 3 is 2.61 bits per heavy atom. The second kappa shape index (κ2) is 8.19. The number of aromatic nitrogens is 2. The fourth-order valence-corrected chi connectivity index (χ4v) is 3.40. The number of pyridine rings is 2. The van der Waals surface area contributed by atoms with E-state index in [1.807, 2.05) is 30.3 Å². The van der Waals surface area contributed by atoms with Crippen LogP contribution in [0.2, 0.25) is 0 Å². The maximum absolute atomic E-state index is 11.9. The molecule has 0 atom stereocenters. The lowest BCUT2D eigenvalue weighted by molar-refractivity contribution is 0.1000. The van der Waals surface area contributed by atoms with Gasteiger partial charge in [0.15, 0.2) is 0 Å². The molecule has 6 heteroatoms. The van der Waals surface area contributed by atoms with Gasteiger partial charge < -0.3 is 16.0 Å². The maximum Gasteiger partial charge on any atom is 0.248 e. The molecule has 0 bridgehead atoms. The lowest BCUT2D eigenvalue weighted by atomic mass is 10.0. The number of amides is 1. The van der Waals surface area contributed by atoms with Crippen molar-refractivity contribution in [1.29, 1.82) is 0 Å². The molecule has 1 saturated heterocycles. The molecular formula is C22H23N5O. The van der Waals surface area contributed by atoms with E-state index in [1.165, 1.54) is 5.56 Å². The number of piperazine rings is 1. The van der Waals surface area contributed by atoms with Crippen LogP contribution in [0.3, 0.4) is 0 Å². The van der Waals surface area contributed by atoms with Crippen molar-refractivity contribution < 1.29 is 4.79 Å². The van der Waals surface area contributed by atoms with Gasteiger partial charge in [-0.05, 0) is 29.8 Å². The minimum atomic E-state index is -0.446. The molecule has 2 aromatic heterocycles. The Morgan fingerprint density at radius 1 is 1.07 bits per heavy atom. The zero-order valence-corrected chi connectivity index (χ0v) is 15.6. The summed E-state index contributed by atoms with van der Waals surface area (Å²) in [6.45, 7) is 3.50. The Balaban J connectivity index is 1.68. The summed E-state index contributed by atoms with van der Waals surface area (Å²) in [6, 6.07) is 17.7. The molecule has 1 aliphatic heterocycles. The molecule has 0 spiro atoms. The first kappa shape index (κ1) is 18.1. The Morgan fingerprint density at radius 2 is 1.86 bits per heavy atom. The molecule has 1 aromatic carbocycles. The van der Waals surface area contributed by atoms with Gasteiger partial charge in [0, 0.05) is 55.6 Å². The Bertz CT molecular complexity index is 968. The standard InChI is InChI=1S/C22H23N5O/c23-22(28)18-14-20(26-21(15-18)27-10-8-24-9-11-27)17-6-7-25-19(13-17)12-16-4-2-1-3-5-16/h1-7,13-15,24H,8-12H2,(H2,23,28). The summed E-state index contributed by atoms with van der Waals surface area (Å²) in [5.41, 5.74) is 9.88. The molecule has 1 fully saturated rings. The number of anilines is 1. The molecule has 0 aliphatic carbocycles. The molecule has 6 nitrogen and oxygen atoms in total. The minimum Gasteiger partial charge on any atom is -0.366 e. The summed E-state index contributed by atoms with van der Waals surface area (Å²) in [6.07, 6.45) is 2.53. The van der Waals surface area contributed by atoms with Crippen molar-refractivity contribution in [3.8, 4) is 11.3 Å². The second-order valence-corrected chi connectivity index (χ2v) is 6.90. The SMILES string of the molecule is NC(=O)c1cc(-c2ccnc(Cc3ccccc3)c2)nc(N2CCNCC2)c1. The number of carbonyl (C=O) groups is 1. The van der Waals surface area contributed by atoms with Crippen LogP contribution in [0.4, 0.5) is 5.82 Å². The molecule has 1 amide bonds. The molecule has 142 valence electrons. The van der Waals surface area contributed by atoms with Crippen LogP contribution in [0, 0.1) is 0 Å². The highest BCUT2D eigenvalue weighted by Crippen LogP contribution is 2.24. The number of carbonyl (C=O) groups excluding carboxylic acids is 1. The smallest absolute Gasteiger partial charge is 0.248 e. The van der Waals surface area contributed by atoms with Gasteiger partial charge in [-0.1, -0.05) is 30.3 Å². The molecule has 4 rings (SSSR count). The molecule has 1 aliphatic rings. The summed E-state index contributed by atoms with van der Waals surface area (Å²) in [5.74, 6) is 0.341. The molecule has 3 heterocycles. The third-order valence-corrected chi connectivity index (χ3v) is 4.88. The van der Waals surface area contributed by atoms with E-state index in [4.69, 9.17) is 10.7 Å². The molecular weight excluding hydrogens is 350 g/mol. The molecule has 0 unspecified atom stereocenters. The number of nitrogens with zero attached hydrogens (tertiary/aromatic N) is 3. The predicted molar refractivity (Wildman–Crippen MR) is 110 cm³/mol. The normalized spacial score (nSPS) is 14.1. The van der Waals surface area contributed by atoms with Gasteiger partial charge in [0.1, 0.15) is 5.82 Å². The molecule has 0 saturated carbocycles. The quantitative estimate of drug-likeness (QED) is 0.717. The first-order chi connectivity index (χ1) is 13.7. The molecule has 3 aromatic rings. The van der Waals surface area contributed by atoms with Crippen LogP contribution in [0.15, 0.2) is 60.8 Å². The Labute approximate surface area is 164 Å². The van der Waals surface area contributed by atoms with Crippen LogP contribution in [0.5, 0.6) is 0 Å². The van der Waals surface area contributed by atoms with Crippen LogP contribution in [0.25, 0.3) is 11.3 Å². The average molecular weight is 373 g/mol. The molecule has 3 N–H and O–H groups in total. The van der Waals surface area contributed by atoms with Crippen LogP contribution in [0.1, 0.15) is 21.6 Å². The van der Waals surface area contributed by atoms with E-state index in [1.54, 1.807) is 18.3 Å². The second-order valence-electron chi connectivity index (χ2n) is 6.90. The number of nitrogens with two attached hydrogens (primary N) is 1. The van der Waals surface area contributed by atoms with Gasteiger partial charge in [-0.3, -0.25) is 9.78 Å². The van der Waals surface area contributed by atoms with Crippen molar-refractivity contribution >= 4 is 11.7 Å². The van der Waals surface area contributed by atoms with E-state index >= 15 is 0 Å². The predicted octanol–water partition coefficient (Wildman–Crippen LogP) is 2.24. The van der Waals surface area contributed by atoms with Crippen molar-refractivity contribution in [3.63, 3.8) is 0 Å². The van der Waals surface area contributed by atoms with Crippen LogP contribution >= 0.6 is 0 Å². The van der Waals surface area contributed by atoms with Gasteiger partial charge in [0.2, 0.25) is 5.91 Å². The summed E-state index contributed by atoms with van der Waals surface area (Å²) in [4.78, 5) is 23.4. The minimum absolute atomic E-state index is 0.446. The summed E-state index contributed by atoms with van der Waals surface area (Å²) in [5, 5.41) is 3.33. The largest absolute Gasteiger partial charge is 0.366 e. The summed E-state index contributed by atoms with van der Waals surface area (Å²) >= 11 is 0. The maximum atomic E-state index is 11.9. The van der Waals surface area contributed by atoms with E-state index in [-0.39, 0.29) is 0 Å². The van der Waals surface area contributed by atoms with Crippen LogP contribution in [-0.4, -0.2) is 42.1 Å². The van der Waals surface area contributed by atoms with Gasteiger partial charge in [0.05, 0.1) is 5.69 Å². The number of primary amides is 1. The lowest BCUT2D eigenvalue weighted by Gasteiger charge is -2.29. The summed E-state index contributed by atoms with van der Waals surface area (Å²) < 4.78 is 0. The Hall–Kier alpha value is -3.25. The number of hydrogen-bond donors (Lipinski definition) is 2. The van der Waals surface area contributed by atoms with Crippen LogP contribution in [-0.2, 0) is 6.42 Å². The van der Waals surface area contributed by atoms with Crippen molar-refractivity contribution in [1.82, 2.24) is 15.3 Å². The Kier molecular flexibility index (Phi) is 5.30. The fraction of sp³-hybridized carbons (Fsp3) is 0.227. The van der Waals surface area contributed by atoms with Crippen LogP contribution < -0.4 is 16.0 Å². The van der Waals surface area contributed by atoms with Gasteiger partial charge in [-0.2, -0.15) is 0 Å². The average Bonchev–Trinajstić information content (AvgIpc) is 2.75. The first-order valence-corrected chi connectivity index (χ1v) is 9.46. The highest BCUT2D eigenvalue weighted by molar-refractivity contribution is 5.94. The highest BCUT2D eigenvalue weighted by Gasteiger charge is 2.16. The zero-order chi connectivity index (χ0) is 19.3. The topological polar surface area (TPSA) is 84.1 Å². The van der Waals surface area contributed by atoms with Crippen molar-refractivity contribution in [2.45, 2.75) is 6.42 Å². The third kappa shape index (κ3) is 4.18. The lowest BCUT2D eigenvalue weighted by Crippen LogP contribution is -2.44. The third-order valence-electron chi connectivity index (χ3n) is 4.88. The van der Waals surface area contributed by atoms with Gasteiger partial charge in [0.25, 0.3) is 0 Å². The van der Waals surface area contributed by atoms with Gasteiger partial charge >= 0.3 is 0 Å². The van der Waals surface area contributed by atoms with Crippen molar-refractivity contribution in [3.05, 3.63) is 77.6 Å². The van der Waals surface area contributed by atoms with E-state index in [2.05, 4.69) is 27.3 Å². The number of benzene rings is 1. The fourth-order valence-electron chi connectivity index (χ4n) is 3.40. The van der Waals surface area contributed by atoms with Gasteiger partial charge in [-0.15, -0.1) is 0 Å². The van der Waals surface area contributed by atoms with E-state index in [0.29, 0.717) is 5.56 Å². The zero-order valence-electron chi connectivity index (χ0n) is 15.6. The monoisotopic (exact) mass is 373 g/mol. The molecule has 28 heavy (non-hydrogen) atoms. The highest BCUT2D eigenvalue weighted by atomic mass is 16.1. The number of nitrogens with one attached hydrogen (secondary N) is 1. The van der Waals surface area contributed by atoms with E-state index in [0.717, 1.165) is 55.4 Å². The number of hydrogen-bond acceptors (Lipinski definition) is 5. The van der Waals surface area contributed by atoms with E-state index in [9.17, 15) is 4.79 Å². The van der Waals surface area contributed by atoms with E-state index < -0.39 is 5.91 Å². The summed E-state index contributed by atoms with van der Waals surface area (Å²) in [7, 11) is 0. The van der Waals surface area contributed by atoms with Crippen molar-refractivity contribution in [2.24, 2.45) is 5.73 Å². The number of rotatable bonds is 5. The van der Waals surface area contributed by atoms with Gasteiger partial charge in [-0.25, -0.2) is 4.98 Å². The molecule has 0 radical (unpaired) electrons. The first-order valence-electron chi connectivity index (χ1n) is 9.46.